The fraction of sp³-hybridized carbons (Fsp3) is 0.885. The van der Waals surface area contributed by atoms with Crippen LogP contribution < -0.4 is 5.32 Å². The van der Waals surface area contributed by atoms with Crippen LogP contribution >= 0.6 is 0 Å². The number of carboxylic acids is 1. The monoisotopic (exact) mass is 567 g/mol. The third-order valence-corrected chi connectivity index (χ3v) is 4.46. The SMILES string of the molecule is CC(C)(C)OC(=O)CCOCCOCCOCCOCCOCCOCCOCCCNC(=O)CCC(=O)O. The van der Waals surface area contributed by atoms with Crippen molar-refractivity contribution >= 4 is 17.8 Å². The topological polar surface area (TPSA) is 157 Å². The molecule has 0 bridgehead atoms. The molecule has 13 heteroatoms. The van der Waals surface area contributed by atoms with E-state index in [1.54, 1.807) is 0 Å². The second kappa shape index (κ2) is 26.4. The molecule has 0 aromatic heterocycles. The molecule has 0 spiro atoms. The summed E-state index contributed by atoms with van der Waals surface area (Å²) in [7, 11) is 0. The molecule has 0 atom stereocenters. The molecule has 2 N–H and O–H groups in total. The van der Waals surface area contributed by atoms with E-state index in [9.17, 15) is 14.4 Å². The van der Waals surface area contributed by atoms with E-state index in [4.69, 9.17) is 43.0 Å². The van der Waals surface area contributed by atoms with Crippen molar-refractivity contribution in [3.05, 3.63) is 0 Å². The van der Waals surface area contributed by atoms with Crippen LogP contribution in [-0.2, 0) is 52.3 Å². The van der Waals surface area contributed by atoms with Crippen LogP contribution in [0.1, 0.15) is 46.5 Å². The number of amides is 1. The van der Waals surface area contributed by atoms with Crippen LogP contribution in [0.3, 0.4) is 0 Å². The molecule has 0 aliphatic rings. The van der Waals surface area contributed by atoms with E-state index in [1.807, 2.05) is 20.8 Å². The fourth-order valence-electron chi connectivity index (χ4n) is 2.68. The number of carboxylic acid groups (broad SMARTS) is 1. The van der Waals surface area contributed by atoms with Crippen molar-refractivity contribution in [1.29, 1.82) is 0 Å². The average Bonchev–Trinajstić information content (AvgIpc) is 2.86. The van der Waals surface area contributed by atoms with Crippen LogP contribution in [0.15, 0.2) is 0 Å². The van der Waals surface area contributed by atoms with Crippen molar-refractivity contribution in [2.24, 2.45) is 0 Å². The Bertz CT molecular complexity index is 612. The highest BCUT2D eigenvalue weighted by molar-refractivity contribution is 5.80. The molecule has 0 aliphatic carbocycles. The zero-order valence-electron chi connectivity index (χ0n) is 23.9. The Morgan fingerprint density at radius 2 is 0.949 bits per heavy atom. The van der Waals surface area contributed by atoms with Gasteiger partial charge in [0.15, 0.2) is 0 Å². The molecule has 13 nitrogen and oxygen atoms in total. The van der Waals surface area contributed by atoms with Crippen LogP contribution in [0.5, 0.6) is 0 Å². The number of carbonyl (C=O) groups is 3. The van der Waals surface area contributed by atoms with Gasteiger partial charge in [-0.2, -0.15) is 0 Å². The Labute approximate surface area is 232 Å². The molecule has 0 aromatic rings. The smallest absolute Gasteiger partial charge is 0.308 e. The summed E-state index contributed by atoms with van der Waals surface area (Å²) < 4.78 is 43.0. The fourth-order valence-corrected chi connectivity index (χ4v) is 2.68. The van der Waals surface area contributed by atoms with E-state index < -0.39 is 11.6 Å². The van der Waals surface area contributed by atoms with Gasteiger partial charge < -0.3 is 48.3 Å². The van der Waals surface area contributed by atoms with Gasteiger partial charge in [-0.05, 0) is 27.2 Å². The van der Waals surface area contributed by atoms with E-state index >= 15 is 0 Å². The maximum absolute atomic E-state index is 11.5. The molecule has 0 radical (unpaired) electrons. The third kappa shape index (κ3) is 32.2. The van der Waals surface area contributed by atoms with Crippen LogP contribution in [0.4, 0.5) is 0 Å². The number of rotatable bonds is 28. The normalized spacial score (nSPS) is 11.5. The van der Waals surface area contributed by atoms with Crippen LogP contribution in [0, 0.1) is 0 Å². The summed E-state index contributed by atoms with van der Waals surface area (Å²) in [4.78, 5) is 33.2. The molecule has 0 aromatic carbocycles. The average molecular weight is 568 g/mol. The summed E-state index contributed by atoms with van der Waals surface area (Å²) in [5, 5.41) is 11.1. The molecule has 0 saturated heterocycles. The van der Waals surface area contributed by atoms with Crippen LogP contribution in [0.2, 0.25) is 0 Å². The minimum atomic E-state index is -0.984. The van der Waals surface area contributed by atoms with Gasteiger partial charge in [0.1, 0.15) is 5.60 Å². The van der Waals surface area contributed by atoms with Crippen molar-refractivity contribution in [3.63, 3.8) is 0 Å². The largest absolute Gasteiger partial charge is 0.481 e. The summed E-state index contributed by atoms with van der Waals surface area (Å²) in [6, 6.07) is 0. The highest BCUT2D eigenvalue weighted by Gasteiger charge is 2.15. The summed E-state index contributed by atoms with van der Waals surface area (Å²) in [5.74, 6) is -1.53. The Balaban J connectivity index is 3.16. The number of hydrogen-bond acceptors (Lipinski definition) is 11. The number of esters is 1. The van der Waals surface area contributed by atoms with Crippen molar-refractivity contribution in [3.8, 4) is 0 Å². The van der Waals surface area contributed by atoms with Gasteiger partial charge in [-0.15, -0.1) is 0 Å². The molecule has 0 heterocycles. The highest BCUT2D eigenvalue weighted by Crippen LogP contribution is 2.08. The van der Waals surface area contributed by atoms with Gasteiger partial charge in [0.05, 0.1) is 98.7 Å². The molecule has 230 valence electrons. The lowest BCUT2D eigenvalue weighted by Crippen LogP contribution is -2.25. The van der Waals surface area contributed by atoms with Gasteiger partial charge >= 0.3 is 11.9 Å². The second-order valence-corrected chi connectivity index (χ2v) is 9.22. The Morgan fingerprint density at radius 3 is 1.33 bits per heavy atom. The van der Waals surface area contributed by atoms with Crippen molar-refractivity contribution in [1.82, 2.24) is 5.32 Å². The lowest BCUT2D eigenvalue weighted by Gasteiger charge is -2.19. The molecule has 0 fully saturated rings. The zero-order valence-corrected chi connectivity index (χ0v) is 23.9. The quantitative estimate of drug-likeness (QED) is 0.103. The molecular formula is C26H49NO12. The minimum Gasteiger partial charge on any atom is -0.481 e. The van der Waals surface area contributed by atoms with Crippen molar-refractivity contribution in [2.75, 3.05) is 99.0 Å². The molecule has 39 heavy (non-hydrogen) atoms. The molecule has 0 saturated carbocycles. The minimum absolute atomic E-state index is 0.0112. The molecule has 0 aliphatic heterocycles. The first-order valence-electron chi connectivity index (χ1n) is 13.4. The van der Waals surface area contributed by atoms with E-state index in [-0.39, 0.29) is 31.1 Å². The summed E-state index contributed by atoms with van der Waals surface area (Å²) in [6.07, 6.45) is 0.698. The van der Waals surface area contributed by atoms with Crippen LogP contribution in [0.25, 0.3) is 0 Å². The first kappa shape index (κ1) is 37.1. The van der Waals surface area contributed by atoms with Crippen molar-refractivity contribution in [2.45, 2.75) is 52.1 Å². The lowest BCUT2D eigenvalue weighted by atomic mass is 10.2. The van der Waals surface area contributed by atoms with E-state index in [2.05, 4.69) is 5.32 Å². The molecule has 1 amide bonds. The van der Waals surface area contributed by atoms with Crippen LogP contribution in [-0.4, -0.2) is 128 Å². The van der Waals surface area contributed by atoms with E-state index in [1.165, 1.54) is 0 Å². The zero-order chi connectivity index (χ0) is 29.0. The highest BCUT2D eigenvalue weighted by atomic mass is 16.6. The summed E-state index contributed by atoms with van der Waals surface area (Å²) in [5.41, 5.74) is -0.479. The van der Waals surface area contributed by atoms with Gasteiger partial charge in [0.2, 0.25) is 5.91 Å². The van der Waals surface area contributed by atoms with Gasteiger partial charge in [-0.25, -0.2) is 0 Å². The predicted octanol–water partition coefficient (Wildman–Crippen LogP) is 1.21. The van der Waals surface area contributed by atoms with Gasteiger partial charge in [-0.3, -0.25) is 14.4 Å². The maximum Gasteiger partial charge on any atom is 0.308 e. The second-order valence-electron chi connectivity index (χ2n) is 9.22. The molecule has 0 unspecified atom stereocenters. The maximum atomic E-state index is 11.5. The third-order valence-electron chi connectivity index (χ3n) is 4.46. The van der Waals surface area contributed by atoms with Gasteiger partial charge in [0, 0.05) is 19.6 Å². The molecule has 0 rings (SSSR count). The van der Waals surface area contributed by atoms with E-state index in [0.29, 0.717) is 105 Å². The predicted molar refractivity (Wildman–Crippen MR) is 141 cm³/mol. The summed E-state index contributed by atoms with van der Waals surface area (Å²) >= 11 is 0. The molecular weight excluding hydrogens is 518 g/mol. The Hall–Kier alpha value is -1.87. The Kier molecular flexibility index (Phi) is 25.1. The number of hydrogen-bond donors (Lipinski definition) is 2. The summed E-state index contributed by atoms with van der Waals surface area (Å²) in [6.45, 7) is 12.2. The van der Waals surface area contributed by atoms with Crippen molar-refractivity contribution < 1.29 is 57.4 Å². The van der Waals surface area contributed by atoms with E-state index in [0.717, 1.165) is 0 Å². The number of ether oxygens (including phenoxy) is 8. The first-order valence-corrected chi connectivity index (χ1v) is 13.4. The van der Waals surface area contributed by atoms with Gasteiger partial charge in [0.25, 0.3) is 0 Å². The van der Waals surface area contributed by atoms with Gasteiger partial charge in [-0.1, -0.05) is 0 Å². The standard InChI is InChI=1S/C26H49NO12/c1-26(2,3)39-25(31)7-10-33-12-14-35-16-18-37-20-22-38-21-19-36-17-15-34-13-11-32-9-4-8-27-23(28)5-6-24(29)30/h4-22H2,1-3H3,(H,27,28)(H,29,30). The number of aliphatic carboxylic acids is 1. The lowest BCUT2D eigenvalue weighted by molar-refractivity contribution is -0.156. The Morgan fingerprint density at radius 1 is 0.564 bits per heavy atom. The number of carbonyl (C=O) groups excluding carboxylic acids is 2. The number of nitrogens with one attached hydrogen (secondary N) is 1. The first-order chi connectivity index (χ1) is 18.7.